The molecule has 3 aromatic rings. The Balaban J connectivity index is 1.76. The van der Waals surface area contributed by atoms with E-state index in [2.05, 4.69) is 26.9 Å². The van der Waals surface area contributed by atoms with Crippen molar-refractivity contribution in [2.24, 2.45) is 0 Å². The van der Waals surface area contributed by atoms with E-state index in [0.29, 0.717) is 35.8 Å². The van der Waals surface area contributed by atoms with Crippen LogP contribution < -0.4 is 5.73 Å². The molecule has 0 amide bonds. The van der Waals surface area contributed by atoms with Crippen LogP contribution in [0, 0.1) is 11.8 Å². The van der Waals surface area contributed by atoms with Crippen LogP contribution in [-0.2, 0) is 0 Å². The maximum atomic E-state index is 10.0. The van der Waals surface area contributed by atoms with Gasteiger partial charge in [-0.15, -0.1) is 5.10 Å². The van der Waals surface area contributed by atoms with Gasteiger partial charge in [0.05, 0.1) is 12.5 Å². The number of anilines is 1. The molecule has 0 bridgehead atoms. The van der Waals surface area contributed by atoms with Crippen molar-refractivity contribution >= 4 is 11.5 Å². The second-order valence-corrected chi connectivity index (χ2v) is 5.33. The van der Waals surface area contributed by atoms with Gasteiger partial charge in [0.25, 0.3) is 0 Å². The lowest BCUT2D eigenvalue weighted by molar-refractivity contribution is 0.0239. The smallest absolute Gasteiger partial charge is 0.218 e. The number of aromatic nitrogens is 4. The number of hydrogen-bond acceptors (Lipinski definition) is 6. The first-order valence-electron chi connectivity index (χ1n) is 6.95. The van der Waals surface area contributed by atoms with E-state index in [0.717, 1.165) is 6.42 Å². The van der Waals surface area contributed by atoms with Gasteiger partial charge in [-0.2, -0.15) is 0 Å². The molecule has 0 spiro atoms. The molecule has 1 aliphatic rings. The highest BCUT2D eigenvalue weighted by atomic mass is 16.3. The molecule has 0 radical (unpaired) electrons. The molecule has 7 heteroatoms. The van der Waals surface area contributed by atoms with Gasteiger partial charge in [0.2, 0.25) is 5.82 Å². The van der Waals surface area contributed by atoms with E-state index >= 15 is 0 Å². The maximum Gasteiger partial charge on any atom is 0.218 e. The Morgan fingerprint density at radius 2 is 2.23 bits per heavy atom. The predicted molar refractivity (Wildman–Crippen MR) is 78.6 cm³/mol. The van der Waals surface area contributed by atoms with Crippen molar-refractivity contribution in [1.82, 2.24) is 19.6 Å². The summed E-state index contributed by atoms with van der Waals surface area (Å²) in [6.07, 6.45) is 5.59. The minimum absolute atomic E-state index is 0.234. The van der Waals surface area contributed by atoms with Crippen LogP contribution in [0.4, 0.5) is 5.82 Å². The fourth-order valence-electron chi connectivity index (χ4n) is 2.30. The molecule has 0 unspecified atom stereocenters. The molecule has 1 fully saturated rings. The first kappa shape index (κ1) is 12.9. The van der Waals surface area contributed by atoms with Crippen LogP contribution in [0.3, 0.4) is 0 Å². The molecule has 110 valence electrons. The van der Waals surface area contributed by atoms with Crippen molar-refractivity contribution in [1.29, 1.82) is 0 Å². The molecule has 4 rings (SSSR count). The van der Waals surface area contributed by atoms with Gasteiger partial charge in [0.15, 0.2) is 17.2 Å². The summed E-state index contributed by atoms with van der Waals surface area (Å²) in [5.74, 6) is 6.93. The number of nitrogens with zero attached hydrogens (tertiary/aromatic N) is 4. The van der Waals surface area contributed by atoms with E-state index < -0.39 is 5.60 Å². The Morgan fingerprint density at radius 3 is 2.91 bits per heavy atom. The van der Waals surface area contributed by atoms with Crippen LogP contribution >= 0.6 is 0 Å². The number of fused-ring (bicyclic) bond motifs is 1. The molecular formula is C15H13N5O2. The summed E-state index contributed by atoms with van der Waals surface area (Å²) in [7, 11) is 0. The molecule has 0 atom stereocenters. The zero-order valence-corrected chi connectivity index (χ0v) is 11.7. The molecule has 3 N–H and O–H groups in total. The van der Waals surface area contributed by atoms with Crippen LogP contribution in [0.1, 0.15) is 25.0 Å². The third-order valence-corrected chi connectivity index (χ3v) is 3.69. The summed E-state index contributed by atoms with van der Waals surface area (Å²) < 4.78 is 6.80. The Bertz CT molecular complexity index is 897. The number of nitrogens with two attached hydrogens (primary N) is 1. The Morgan fingerprint density at radius 1 is 1.36 bits per heavy atom. The lowest BCUT2D eigenvalue weighted by Gasteiger charge is -2.30. The van der Waals surface area contributed by atoms with Crippen LogP contribution in [0.25, 0.3) is 17.2 Å². The summed E-state index contributed by atoms with van der Waals surface area (Å²) in [5.41, 5.74) is 5.92. The molecule has 22 heavy (non-hydrogen) atoms. The average molecular weight is 295 g/mol. The minimum Gasteiger partial charge on any atom is -0.461 e. The molecule has 0 aliphatic heterocycles. The Kier molecular flexibility index (Phi) is 2.68. The SMILES string of the molecule is Nc1nc(C#CC2(O)CCC2)cn2nc(-c3ccco3)nc12. The highest BCUT2D eigenvalue weighted by Crippen LogP contribution is 2.30. The van der Waals surface area contributed by atoms with Gasteiger partial charge in [-0.25, -0.2) is 14.5 Å². The van der Waals surface area contributed by atoms with E-state index in [9.17, 15) is 5.11 Å². The molecule has 0 saturated heterocycles. The van der Waals surface area contributed by atoms with E-state index in [1.165, 1.54) is 4.52 Å². The molecule has 1 saturated carbocycles. The van der Waals surface area contributed by atoms with Gasteiger partial charge in [0.1, 0.15) is 11.3 Å². The van der Waals surface area contributed by atoms with E-state index in [-0.39, 0.29) is 5.82 Å². The largest absolute Gasteiger partial charge is 0.461 e. The molecule has 1 aliphatic carbocycles. The number of rotatable bonds is 1. The van der Waals surface area contributed by atoms with Gasteiger partial charge < -0.3 is 15.3 Å². The van der Waals surface area contributed by atoms with Crippen molar-refractivity contribution in [2.75, 3.05) is 5.73 Å². The Labute approximate surface area is 125 Å². The fraction of sp³-hybridized carbons (Fsp3) is 0.267. The topological polar surface area (TPSA) is 102 Å². The highest BCUT2D eigenvalue weighted by molar-refractivity contribution is 5.63. The second-order valence-electron chi connectivity index (χ2n) is 5.33. The summed E-state index contributed by atoms with van der Waals surface area (Å²) >= 11 is 0. The summed E-state index contributed by atoms with van der Waals surface area (Å²) in [6, 6.07) is 3.53. The third-order valence-electron chi connectivity index (χ3n) is 3.69. The van der Waals surface area contributed by atoms with Gasteiger partial charge in [-0.05, 0) is 37.3 Å². The quantitative estimate of drug-likeness (QED) is 0.655. The number of aliphatic hydroxyl groups is 1. The van der Waals surface area contributed by atoms with Crippen LogP contribution in [0.2, 0.25) is 0 Å². The van der Waals surface area contributed by atoms with Crippen molar-refractivity contribution in [3.05, 3.63) is 30.3 Å². The normalized spacial score (nSPS) is 16.0. The number of hydrogen-bond donors (Lipinski definition) is 2. The number of nitrogen functional groups attached to an aromatic ring is 1. The van der Waals surface area contributed by atoms with Crippen molar-refractivity contribution in [3.8, 4) is 23.4 Å². The molecular weight excluding hydrogens is 282 g/mol. The first-order chi connectivity index (χ1) is 10.6. The molecule has 7 nitrogen and oxygen atoms in total. The van der Waals surface area contributed by atoms with Crippen molar-refractivity contribution in [2.45, 2.75) is 24.9 Å². The third kappa shape index (κ3) is 2.10. The molecule has 3 heterocycles. The van der Waals surface area contributed by atoms with Crippen molar-refractivity contribution in [3.63, 3.8) is 0 Å². The van der Waals surface area contributed by atoms with E-state index in [1.54, 1.807) is 24.6 Å². The van der Waals surface area contributed by atoms with E-state index in [1.807, 2.05) is 0 Å². The predicted octanol–water partition coefficient (Wildman–Crippen LogP) is 1.23. The maximum absolute atomic E-state index is 10.0. The second kappa shape index (κ2) is 4.58. The van der Waals surface area contributed by atoms with Crippen molar-refractivity contribution < 1.29 is 9.52 Å². The first-order valence-corrected chi connectivity index (χ1v) is 6.95. The van der Waals surface area contributed by atoms with E-state index in [4.69, 9.17) is 10.2 Å². The zero-order chi connectivity index (χ0) is 15.2. The average Bonchev–Trinajstić information content (AvgIpc) is 3.11. The minimum atomic E-state index is -0.882. The van der Waals surface area contributed by atoms with Crippen LogP contribution in [0.15, 0.2) is 29.0 Å². The van der Waals surface area contributed by atoms with Gasteiger partial charge in [-0.3, -0.25) is 0 Å². The van der Waals surface area contributed by atoms with Gasteiger partial charge in [0, 0.05) is 0 Å². The molecule has 0 aromatic carbocycles. The summed E-state index contributed by atoms with van der Waals surface area (Å²) in [6.45, 7) is 0. The standard InChI is InChI=1S/C15H13N5O2/c16-12-14-18-13(11-3-1-8-22-11)19-20(14)9-10(17-12)4-7-15(21)5-2-6-15/h1,3,8-9,21H,2,5-6H2,(H2,16,17). The highest BCUT2D eigenvalue weighted by Gasteiger charge is 2.32. The summed E-state index contributed by atoms with van der Waals surface area (Å²) in [5, 5.41) is 14.3. The zero-order valence-electron chi connectivity index (χ0n) is 11.7. The monoisotopic (exact) mass is 295 g/mol. The van der Waals surface area contributed by atoms with Gasteiger partial charge >= 0.3 is 0 Å². The number of furan rings is 1. The fourth-order valence-corrected chi connectivity index (χ4v) is 2.30. The Hall–Kier alpha value is -2.85. The summed E-state index contributed by atoms with van der Waals surface area (Å²) in [4.78, 5) is 8.50. The van der Waals surface area contributed by atoms with Gasteiger partial charge in [-0.1, -0.05) is 5.92 Å². The lowest BCUT2D eigenvalue weighted by Crippen LogP contribution is -2.34. The molecule has 3 aromatic heterocycles. The van der Waals surface area contributed by atoms with Crippen LogP contribution in [-0.4, -0.2) is 30.3 Å². The lowest BCUT2D eigenvalue weighted by atomic mass is 9.81. The van der Waals surface area contributed by atoms with Crippen LogP contribution in [0.5, 0.6) is 0 Å².